The van der Waals surface area contributed by atoms with Crippen LogP contribution in [0.5, 0.6) is 0 Å². The number of rotatable bonds is 11. The zero-order chi connectivity index (χ0) is 27.8. The number of anilines is 1. The van der Waals surface area contributed by atoms with Crippen LogP contribution in [-0.2, 0) is 25.7 Å². The lowest BCUT2D eigenvalue weighted by Gasteiger charge is -2.36. The van der Waals surface area contributed by atoms with E-state index in [0.29, 0.717) is 45.6 Å². The number of primary amides is 1. The summed E-state index contributed by atoms with van der Waals surface area (Å²) in [5, 5.41) is 10.9. The standard InChI is InChI=1S/C19H27N3O5.C8H9NO2/c1-2-3-14-27-19(24)9-5-8-18(23)21-12-10-20(11-13-21)16-6-4-7-17(15-16)22(25)26;9-8(10)11-6-7-4-2-1-3-5-7/h4,6-7,15H,2-3,5,8-14H2,1H3;1-5H,6H2,(H2,9,10). The molecule has 1 aliphatic heterocycles. The van der Waals surface area contributed by atoms with E-state index in [-0.39, 0.29) is 30.6 Å². The number of nitro groups is 1. The van der Waals surface area contributed by atoms with Crippen molar-refractivity contribution < 1.29 is 28.8 Å². The van der Waals surface area contributed by atoms with E-state index < -0.39 is 11.0 Å². The first-order chi connectivity index (χ1) is 18.3. The molecule has 2 aromatic rings. The maximum Gasteiger partial charge on any atom is 0.404 e. The molecule has 0 atom stereocenters. The number of esters is 1. The van der Waals surface area contributed by atoms with Crippen LogP contribution < -0.4 is 10.6 Å². The summed E-state index contributed by atoms with van der Waals surface area (Å²) < 4.78 is 9.65. The number of benzene rings is 2. The van der Waals surface area contributed by atoms with Gasteiger partial charge in [0.25, 0.3) is 5.69 Å². The first kappa shape index (κ1) is 30.1. The Morgan fingerprint density at radius 3 is 2.29 bits per heavy atom. The summed E-state index contributed by atoms with van der Waals surface area (Å²) in [7, 11) is 0. The Balaban J connectivity index is 0.000000384. The molecule has 0 aromatic heterocycles. The fraction of sp³-hybridized carbons (Fsp3) is 0.444. The lowest BCUT2D eigenvalue weighted by atomic mass is 10.2. The van der Waals surface area contributed by atoms with Gasteiger partial charge in [-0.3, -0.25) is 19.7 Å². The fourth-order valence-corrected chi connectivity index (χ4v) is 3.69. The number of carbonyl (C=O) groups excluding carboxylic acids is 3. The van der Waals surface area contributed by atoms with E-state index in [0.717, 1.165) is 24.1 Å². The molecule has 1 aliphatic rings. The van der Waals surface area contributed by atoms with Crippen molar-refractivity contribution in [1.82, 2.24) is 4.90 Å². The molecule has 11 heteroatoms. The van der Waals surface area contributed by atoms with E-state index in [9.17, 15) is 24.5 Å². The fourth-order valence-electron chi connectivity index (χ4n) is 3.69. The van der Waals surface area contributed by atoms with Crippen LogP contribution in [0.4, 0.5) is 16.2 Å². The van der Waals surface area contributed by atoms with Gasteiger partial charge in [0.2, 0.25) is 5.91 Å². The van der Waals surface area contributed by atoms with Gasteiger partial charge in [-0.25, -0.2) is 4.79 Å². The number of nitrogens with zero attached hydrogens (tertiary/aromatic N) is 3. The van der Waals surface area contributed by atoms with Gasteiger partial charge in [-0.2, -0.15) is 0 Å². The average molecular weight is 529 g/mol. The SMILES string of the molecule is CCCCOC(=O)CCCC(=O)N1CCN(c2cccc([N+](=O)[O-])c2)CC1.NC(=O)OCc1ccccc1. The van der Waals surface area contributed by atoms with Gasteiger partial charge in [0.1, 0.15) is 6.61 Å². The highest BCUT2D eigenvalue weighted by atomic mass is 16.6. The second-order valence-corrected chi connectivity index (χ2v) is 8.67. The van der Waals surface area contributed by atoms with Crippen molar-refractivity contribution in [2.24, 2.45) is 5.73 Å². The highest BCUT2D eigenvalue weighted by Crippen LogP contribution is 2.22. The lowest BCUT2D eigenvalue weighted by molar-refractivity contribution is -0.384. The topological polar surface area (TPSA) is 145 Å². The average Bonchev–Trinajstić information content (AvgIpc) is 2.93. The molecule has 3 rings (SSSR count). The van der Waals surface area contributed by atoms with Gasteiger partial charge in [0, 0.05) is 56.8 Å². The molecule has 0 spiro atoms. The van der Waals surface area contributed by atoms with Crippen LogP contribution in [0.25, 0.3) is 0 Å². The number of non-ortho nitro benzene ring substituents is 1. The predicted octanol–water partition coefficient (Wildman–Crippen LogP) is 4.04. The molecule has 1 fully saturated rings. The number of hydrogen-bond donors (Lipinski definition) is 1. The third-order valence-corrected chi connectivity index (χ3v) is 5.79. The van der Waals surface area contributed by atoms with Gasteiger partial charge < -0.3 is 25.0 Å². The minimum atomic E-state index is -0.742. The molecular formula is C27H36N4O7. The van der Waals surface area contributed by atoms with E-state index in [4.69, 9.17) is 10.5 Å². The third-order valence-electron chi connectivity index (χ3n) is 5.79. The zero-order valence-electron chi connectivity index (χ0n) is 21.8. The van der Waals surface area contributed by atoms with E-state index in [1.54, 1.807) is 17.0 Å². The molecule has 2 amide bonds. The predicted molar refractivity (Wildman–Crippen MR) is 142 cm³/mol. The minimum absolute atomic E-state index is 0.0371. The van der Waals surface area contributed by atoms with E-state index >= 15 is 0 Å². The Labute approximate surface area is 222 Å². The number of amides is 2. The Morgan fingerprint density at radius 1 is 0.947 bits per heavy atom. The quantitative estimate of drug-likeness (QED) is 0.199. The van der Waals surface area contributed by atoms with E-state index in [2.05, 4.69) is 4.74 Å². The number of unbranched alkanes of at least 4 members (excludes halogenated alkanes) is 1. The van der Waals surface area contributed by atoms with Crippen molar-refractivity contribution in [3.8, 4) is 0 Å². The van der Waals surface area contributed by atoms with Crippen molar-refractivity contribution in [2.75, 3.05) is 37.7 Å². The largest absolute Gasteiger partial charge is 0.466 e. The van der Waals surface area contributed by atoms with Gasteiger partial charge in [0.15, 0.2) is 0 Å². The Kier molecular flexibility index (Phi) is 13.1. The second kappa shape index (κ2) is 16.6. The number of hydrogen-bond acceptors (Lipinski definition) is 8. The molecule has 38 heavy (non-hydrogen) atoms. The third kappa shape index (κ3) is 11.3. The minimum Gasteiger partial charge on any atom is -0.466 e. The molecule has 206 valence electrons. The first-order valence-electron chi connectivity index (χ1n) is 12.7. The summed E-state index contributed by atoms with van der Waals surface area (Å²) in [5.41, 5.74) is 6.58. The molecule has 11 nitrogen and oxygen atoms in total. The van der Waals surface area contributed by atoms with Gasteiger partial charge in [-0.1, -0.05) is 49.7 Å². The van der Waals surface area contributed by atoms with Crippen molar-refractivity contribution in [3.05, 3.63) is 70.3 Å². The highest BCUT2D eigenvalue weighted by Gasteiger charge is 2.22. The number of piperazine rings is 1. The summed E-state index contributed by atoms with van der Waals surface area (Å²) in [6.45, 7) is 5.13. The van der Waals surface area contributed by atoms with Gasteiger partial charge in [-0.05, 0) is 24.5 Å². The monoisotopic (exact) mass is 528 g/mol. The van der Waals surface area contributed by atoms with Gasteiger partial charge in [0.05, 0.1) is 11.5 Å². The summed E-state index contributed by atoms with van der Waals surface area (Å²) in [4.78, 5) is 48.3. The number of ether oxygens (including phenoxy) is 2. The second-order valence-electron chi connectivity index (χ2n) is 8.67. The van der Waals surface area contributed by atoms with Crippen LogP contribution in [0.15, 0.2) is 54.6 Å². The van der Waals surface area contributed by atoms with Crippen LogP contribution in [0.3, 0.4) is 0 Å². The molecule has 2 N–H and O–H groups in total. The Bertz CT molecular complexity index is 1040. The van der Waals surface area contributed by atoms with Gasteiger partial charge >= 0.3 is 12.1 Å². The number of carbonyl (C=O) groups is 3. The summed E-state index contributed by atoms with van der Waals surface area (Å²) in [6, 6.07) is 15.9. The lowest BCUT2D eigenvalue weighted by Crippen LogP contribution is -2.48. The number of nitrogens with two attached hydrogens (primary N) is 1. The highest BCUT2D eigenvalue weighted by molar-refractivity contribution is 5.77. The molecule has 0 aliphatic carbocycles. The van der Waals surface area contributed by atoms with Crippen LogP contribution in [0, 0.1) is 10.1 Å². The summed E-state index contributed by atoms with van der Waals surface area (Å²) in [6.07, 6.45) is 2.19. The molecule has 0 saturated carbocycles. The van der Waals surface area contributed by atoms with Crippen molar-refractivity contribution in [3.63, 3.8) is 0 Å². The van der Waals surface area contributed by atoms with Crippen molar-refractivity contribution in [1.29, 1.82) is 0 Å². The first-order valence-corrected chi connectivity index (χ1v) is 12.7. The maximum absolute atomic E-state index is 12.3. The normalized spacial score (nSPS) is 12.7. The molecule has 0 bridgehead atoms. The smallest absolute Gasteiger partial charge is 0.404 e. The Morgan fingerprint density at radius 2 is 1.66 bits per heavy atom. The number of nitro benzene ring substituents is 1. The van der Waals surface area contributed by atoms with Crippen LogP contribution in [0.2, 0.25) is 0 Å². The van der Waals surface area contributed by atoms with Gasteiger partial charge in [-0.15, -0.1) is 0 Å². The summed E-state index contributed by atoms with van der Waals surface area (Å²) >= 11 is 0. The van der Waals surface area contributed by atoms with Crippen molar-refractivity contribution >= 4 is 29.3 Å². The van der Waals surface area contributed by atoms with Crippen molar-refractivity contribution in [2.45, 2.75) is 45.6 Å². The molecule has 0 unspecified atom stereocenters. The molecule has 1 saturated heterocycles. The summed E-state index contributed by atoms with van der Waals surface area (Å²) in [5.74, 6) is -0.207. The molecule has 1 heterocycles. The van der Waals surface area contributed by atoms with E-state index in [1.165, 1.54) is 6.07 Å². The molecule has 2 aromatic carbocycles. The van der Waals surface area contributed by atoms with Crippen LogP contribution in [-0.4, -0.2) is 60.6 Å². The van der Waals surface area contributed by atoms with Crippen LogP contribution >= 0.6 is 0 Å². The molecule has 0 radical (unpaired) electrons. The zero-order valence-corrected chi connectivity index (χ0v) is 21.8. The molecular weight excluding hydrogens is 492 g/mol. The van der Waals surface area contributed by atoms with E-state index in [1.807, 2.05) is 48.2 Å². The maximum atomic E-state index is 12.3. The van der Waals surface area contributed by atoms with Crippen LogP contribution in [0.1, 0.15) is 44.6 Å². The Hall–Kier alpha value is -4.15.